The summed E-state index contributed by atoms with van der Waals surface area (Å²) in [6.45, 7) is 2.75. The fraction of sp³-hybridized carbons (Fsp3) is 0.385. The van der Waals surface area contributed by atoms with E-state index in [1.165, 1.54) is 11.8 Å². The molecule has 1 heterocycles. The molecule has 2 rings (SSSR count). The highest BCUT2D eigenvalue weighted by Crippen LogP contribution is 2.37. The quantitative estimate of drug-likeness (QED) is 0.764. The molecule has 20 heavy (non-hydrogen) atoms. The first-order chi connectivity index (χ1) is 9.52. The van der Waals surface area contributed by atoms with Gasteiger partial charge in [0.1, 0.15) is 5.69 Å². The number of halogens is 3. The fourth-order valence-corrected chi connectivity index (χ4v) is 3.57. The summed E-state index contributed by atoms with van der Waals surface area (Å²) in [4.78, 5) is 18.0. The van der Waals surface area contributed by atoms with Gasteiger partial charge in [0.15, 0.2) is 5.17 Å². The molecular weight excluding hydrogens is 339 g/mol. The molecule has 7 heteroatoms. The largest absolute Gasteiger partial charge is 0.291 e. The van der Waals surface area contributed by atoms with Crippen LogP contribution in [-0.2, 0) is 4.79 Å². The molecule has 0 aromatic heterocycles. The Hall–Kier alpha value is -0.420. The van der Waals surface area contributed by atoms with Gasteiger partial charge in [-0.05, 0) is 18.6 Å². The lowest BCUT2D eigenvalue weighted by Crippen LogP contribution is -2.30. The van der Waals surface area contributed by atoms with Crippen LogP contribution in [0.2, 0.25) is 15.1 Å². The maximum atomic E-state index is 11.8. The second-order valence-electron chi connectivity index (χ2n) is 4.30. The number of benzene rings is 1. The second-order valence-corrected chi connectivity index (χ2v) is 6.49. The third kappa shape index (κ3) is 3.61. The van der Waals surface area contributed by atoms with Crippen molar-refractivity contribution in [2.75, 3.05) is 12.3 Å². The first-order valence-corrected chi connectivity index (χ1v) is 8.31. The summed E-state index contributed by atoms with van der Waals surface area (Å²) in [5.74, 6) is 0.481. The molecule has 1 saturated heterocycles. The summed E-state index contributed by atoms with van der Waals surface area (Å²) in [6, 6.07) is 3.18. The number of hydrogen-bond donors (Lipinski definition) is 0. The van der Waals surface area contributed by atoms with Gasteiger partial charge in [0.25, 0.3) is 0 Å². The number of amides is 1. The van der Waals surface area contributed by atoms with Gasteiger partial charge in [0, 0.05) is 11.6 Å². The molecule has 1 aromatic carbocycles. The number of thioether (sulfide) groups is 1. The van der Waals surface area contributed by atoms with Crippen molar-refractivity contribution >= 4 is 63.3 Å². The van der Waals surface area contributed by atoms with Crippen molar-refractivity contribution in [2.24, 2.45) is 4.99 Å². The minimum Gasteiger partial charge on any atom is -0.291 e. The summed E-state index contributed by atoms with van der Waals surface area (Å²) in [5.41, 5.74) is 0.455. The molecule has 0 radical (unpaired) electrons. The smallest absolute Gasteiger partial charge is 0.239 e. The third-order valence-corrected chi connectivity index (χ3v) is 4.54. The zero-order valence-corrected chi connectivity index (χ0v) is 13.9. The van der Waals surface area contributed by atoms with E-state index >= 15 is 0 Å². The highest BCUT2D eigenvalue weighted by Gasteiger charge is 2.28. The van der Waals surface area contributed by atoms with Crippen molar-refractivity contribution in [3.05, 3.63) is 27.2 Å². The van der Waals surface area contributed by atoms with Crippen molar-refractivity contribution in [1.82, 2.24) is 4.90 Å². The third-order valence-electron chi connectivity index (χ3n) is 2.78. The predicted octanol–water partition coefficient (Wildman–Crippen LogP) is 5.01. The molecule has 1 amide bonds. The van der Waals surface area contributed by atoms with Gasteiger partial charge in [-0.15, -0.1) is 0 Å². The van der Waals surface area contributed by atoms with Crippen LogP contribution >= 0.6 is 46.6 Å². The zero-order valence-electron chi connectivity index (χ0n) is 10.8. The van der Waals surface area contributed by atoms with E-state index in [-0.39, 0.29) is 5.91 Å². The van der Waals surface area contributed by atoms with E-state index in [1.807, 2.05) is 0 Å². The summed E-state index contributed by atoms with van der Waals surface area (Å²) >= 11 is 19.5. The van der Waals surface area contributed by atoms with Gasteiger partial charge in [-0.25, -0.2) is 4.99 Å². The SMILES string of the molecule is CCCCN1C(=O)CSC1=Nc1c(Cl)cc(Cl)cc1Cl. The van der Waals surface area contributed by atoms with Gasteiger partial charge >= 0.3 is 0 Å². The Morgan fingerprint density at radius 3 is 2.55 bits per heavy atom. The van der Waals surface area contributed by atoms with Gasteiger partial charge < -0.3 is 0 Å². The number of rotatable bonds is 4. The molecule has 0 unspecified atom stereocenters. The lowest BCUT2D eigenvalue weighted by molar-refractivity contribution is -0.124. The van der Waals surface area contributed by atoms with Crippen LogP contribution in [0.3, 0.4) is 0 Å². The summed E-state index contributed by atoms with van der Waals surface area (Å²) in [6.07, 6.45) is 1.96. The van der Waals surface area contributed by atoms with Crippen molar-refractivity contribution < 1.29 is 4.79 Å². The molecule has 3 nitrogen and oxygen atoms in total. The van der Waals surface area contributed by atoms with Gasteiger partial charge in [0.2, 0.25) is 5.91 Å². The number of hydrogen-bond acceptors (Lipinski definition) is 3. The first kappa shape index (κ1) is 16.0. The molecule has 1 aliphatic rings. The van der Waals surface area contributed by atoms with Crippen LogP contribution in [0, 0.1) is 0 Å². The van der Waals surface area contributed by atoms with Crippen LogP contribution in [0.1, 0.15) is 19.8 Å². The lowest BCUT2D eigenvalue weighted by Gasteiger charge is -2.15. The molecule has 0 spiro atoms. The number of carbonyl (C=O) groups is 1. The van der Waals surface area contributed by atoms with Crippen molar-refractivity contribution in [3.63, 3.8) is 0 Å². The summed E-state index contributed by atoms with van der Waals surface area (Å²) < 4.78 is 0. The van der Waals surface area contributed by atoms with Crippen molar-refractivity contribution in [3.8, 4) is 0 Å². The number of amidine groups is 1. The van der Waals surface area contributed by atoms with E-state index in [2.05, 4.69) is 11.9 Å². The molecule has 0 atom stereocenters. The normalized spacial score (nSPS) is 17.3. The Morgan fingerprint density at radius 2 is 1.95 bits per heavy atom. The Morgan fingerprint density at radius 1 is 1.30 bits per heavy atom. The molecule has 0 aliphatic carbocycles. The zero-order chi connectivity index (χ0) is 14.7. The number of unbranched alkanes of at least 4 members (excludes halogenated alkanes) is 1. The van der Waals surface area contributed by atoms with Gasteiger partial charge in [0.05, 0.1) is 15.8 Å². The standard InChI is InChI=1S/C13H13Cl3N2OS/c1-2-3-4-18-11(19)7-20-13(18)17-12-9(15)5-8(14)6-10(12)16/h5-6H,2-4,7H2,1H3. The van der Waals surface area contributed by atoms with Crippen LogP contribution < -0.4 is 0 Å². The van der Waals surface area contributed by atoms with E-state index in [0.29, 0.717) is 38.2 Å². The Balaban J connectivity index is 2.32. The summed E-state index contributed by atoms with van der Waals surface area (Å²) in [5, 5.41) is 1.87. The van der Waals surface area contributed by atoms with Crippen molar-refractivity contribution in [1.29, 1.82) is 0 Å². The average molecular weight is 352 g/mol. The number of aliphatic imine (C=N–C) groups is 1. The molecule has 1 aliphatic heterocycles. The minimum absolute atomic E-state index is 0.0726. The topological polar surface area (TPSA) is 32.7 Å². The summed E-state index contributed by atoms with van der Waals surface area (Å²) in [7, 11) is 0. The maximum Gasteiger partial charge on any atom is 0.239 e. The van der Waals surface area contributed by atoms with Gasteiger partial charge in [-0.3, -0.25) is 9.69 Å². The van der Waals surface area contributed by atoms with E-state index in [4.69, 9.17) is 34.8 Å². The minimum atomic E-state index is 0.0726. The van der Waals surface area contributed by atoms with Crippen LogP contribution in [0.15, 0.2) is 17.1 Å². The predicted molar refractivity (Wildman–Crippen MR) is 87.6 cm³/mol. The Labute approximate surface area is 137 Å². The number of nitrogens with zero attached hydrogens (tertiary/aromatic N) is 2. The second kappa shape index (κ2) is 7.03. The molecule has 0 bridgehead atoms. The molecule has 0 N–H and O–H groups in total. The molecule has 108 valence electrons. The van der Waals surface area contributed by atoms with Gasteiger partial charge in [-0.1, -0.05) is 59.9 Å². The highest BCUT2D eigenvalue weighted by atomic mass is 35.5. The molecule has 1 aromatic rings. The van der Waals surface area contributed by atoms with E-state index < -0.39 is 0 Å². The lowest BCUT2D eigenvalue weighted by atomic mass is 10.3. The van der Waals surface area contributed by atoms with Crippen molar-refractivity contribution in [2.45, 2.75) is 19.8 Å². The van der Waals surface area contributed by atoms with Crippen LogP contribution in [-0.4, -0.2) is 28.3 Å². The monoisotopic (exact) mass is 350 g/mol. The highest BCUT2D eigenvalue weighted by molar-refractivity contribution is 8.15. The molecule has 1 fully saturated rings. The maximum absolute atomic E-state index is 11.8. The number of carbonyl (C=O) groups excluding carboxylic acids is 1. The molecule has 0 saturated carbocycles. The molecular formula is C13H13Cl3N2OS. The Bertz CT molecular complexity index is 540. The van der Waals surface area contributed by atoms with E-state index in [1.54, 1.807) is 17.0 Å². The van der Waals surface area contributed by atoms with Crippen LogP contribution in [0.4, 0.5) is 5.69 Å². The fourth-order valence-electron chi connectivity index (χ4n) is 1.76. The van der Waals surface area contributed by atoms with Crippen LogP contribution in [0.5, 0.6) is 0 Å². The first-order valence-electron chi connectivity index (χ1n) is 6.19. The van der Waals surface area contributed by atoms with Gasteiger partial charge in [-0.2, -0.15) is 0 Å². The van der Waals surface area contributed by atoms with E-state index in [0.717, 1.165) is 12.8 Å². The average Bonchev–Trinajstić information content (AvgIpc) is 2.72. The van der Waals surface area contributed by atoms with E-state index in [9.17, 15) is 4.79 Å². The Kier molecular flexibility index (Phi) is 5.61. The van der Waals surface area contributed by atoms with Crippen LogP contribution in [0.25, 0.3) is 0 Å².